The smallest absolute Gasteiger partial charge is 0.335 e. The van der Waals surface area contributed by atoms with E-state index in [1.807, 2.05) is 0 Å². The average molecular weight is 412 g/mol. The van der Waals surface area contributed by atoms with Gasteiger partial charge in [0.25, 0.3) is 15.9 Å². The van der Waals surface area contributed by atoms with Crippen LogP contribution in [0.15, 0.2) is 78.0 Å². The molecule has 0 spiro atoms. The van der Waals surface area contributed by atoms with Gasteiger partial charge in [-0.15, -0.1) is 0 Å². The van der Waals surface area contributed by atoms with Crippen LogP contribution in [0.4, 0.5) is 0 Å². The molecule has 3 aromatic rings. The minimum atomic E-state index is -3.88. The number of rotatable bonds is 6. The Labute approximate surface area is 166 Å². The van der Waals surface area contributed by atoms with Gasteiger partial charge >= 0.3 is 5.97 Å². The lowest BCUT2D eigenvalue weighted by molar-refractivity contribution is -0.124. The summed E-state index contributed by atoms with van der Waals surface area (Å²) in [6, 6.07) is 13.9. The third-order valence-corrected chi connectivity index (χ3v) is 5.73. The van der Waals surface area contributed by atoms with Gasteiger partial charge in [0.1, 0.15) is 0 Å². The number of carbonyl (C=O) groups is 2. The van der Waals surface area contributed by atoms with Crippen molar-refractivity contribution in [1.29, 1.82) is 0 Å². The van der Waals surface area contributed by atoms with E-state index in [0.717, 1.165) is 10.0 Å². The SMILES string of the molecule is O=C(C=Cc1ccn(S(=O)(=O)c2cccc(-c3ccc(C(=O)O)cc3)c2)c1)NO. The van der Waals surface area contributed by atoms with Gasteiger partial charge in [0.15, 0.2) is 0 Å². The van der Waals surface area contributed by atoms with Crippen LogP contribution in [0.5, 0.6) is 0 Å². The number of nitrogens with one attached hydrogen (secondary N) is 1. The Bertz CT molecular complexity index is 1190. The van der Waals surface area contributed by atoms with Gasteiger partial charge in [-0.25, -0.2) is 22.7 Å². The van der Waals surface area contributed by atoms with E-state index in [2.05, 4.69) is 0 Å². The van der Waals surface area contributed by atoms with Crippen LogP contribution in [-0.4, -0.2) is 34.6 Å². The summed E-state index contributed by atoms with van der Waals surface area (Å²) in [4.78, 5) is 22.1. The molecule has 1 amide bonds. The number of amides is 1. The molecule has 0 atom stereocenters. The first-order chi connectivity index (χ1) is 13.8. The Balaban J connectivity index is 1.91. The highest BCUT2D eigenvalue weighted by atomic mass is 32.2. The summed E-state index contributed by atoms with van der Waals surface area (Å²) in [5.74, 6) is -1.77. The molecule has 8 nitrogen and oxygen atoms in total. The third-order valence-electron chi connectivity index (χ3n) is 4.10. The average Bonchev–Trinajstić information content (AvgIpc) is 3.22. The standard InChI is InChI=1S/C20H16N2O6S/c23-19(21-26)9-4-14-10-11-22(13-14)29(27,28)18-3-1-2-17(12-18)15-5-7-16(8-6-15)20(24)25/h1-13,26H,(H,21,23)(H,24,25). The van der Waals surface area contributed by atoms with Gasteiger partial charge in [-0.3, -0.25) is 10.0 Å². The van der Waals surface area contributed by atoms with Crippen molar-refractivity contribution in [2.75, 3.05) is 0 Å². The molecule has 0 fully saturated rings. The van der Waals surface area contributed by atoms with Crippen molar-refractivity contribution in [3.63, 3.8) is 0 Å². The van der Waals surface area contributed by atoms with E-state index < -0.39 is 21.9 Å². The fraction of sp³-hybridized carbons (Fsp3) is 0. The van der Waals surface area contributed by atoms with Gasteiger partial charge in [-0.05, 0) is 53.1 Å². The zero-order chi connectivity index (χ0) is 21.0. The largest absolute Gasteiger partial charge is 0.478 e. The molecule has 9 heteroatoms. The predicted molar refractivity (Wildman–Crippen MR) is 105 cm³/mol. The molecule has 0 aliphatic heterocycles. The van der Waals surface area contributed by atoms with Crippen molar-refractivity contribution >= 4 is 28.0 Å². The summed E-state index contributed by atoms with van der Waals surface area (Å²) in [7, 11) is -3.88. The maximum absolute atomic E-state index is 12.9. The molecule has 3 N–H and O–H groups in total. The second-order valence-electron chi connectivity index (χ2n) is 6.00. The van der Waals surface area contributed by atoms with Crippen LogP contribution in [-0.2, 0) is 14.8 Å². The second kappa shape index (κ2) is 8.13. The van der Waals surface area contributed by atoms with E-state index in [1.165, 1.54) is 54.3 Å². The van der Waals surface area contributed by atoms with E-state index in [9.17, 15) is 18.0 Å². The summed E-state index contributed by atoms with van der Waals surface area (Å²) in [6.45, 7) is 0. The molecule has 3 rings (SSSR count). The number of nitrogens with zero attached hydrogens (tertiary/aromatic N) is 1. The molecule has 29 heavy (non-hydrogen) atoms. The number of hydrogen-bond acceptors (Lipinski definition) is 5. The Morgan fingerprint density at radius 1 is 1.00 bits per heavy atom. The maximum Gasteiger partial charge on any atom is 0.335 e. The highest BCUT2D eigenvalue weighted by Gasteiger charge is 2.17. The second-order valence-corrected chi connectivity index (χ2v) is 7.84. The molecule has 1 aromatic heterocycles. The van der Waals surface area contributed by atoms with Crippen molar-refractivity contribution in [2.24, 2.45) is 0 Å². The molecule has 1 heterocycles. The number of hydroxylamine groups is 1. The van der Waals surface area contributed by atoms with E-state index >= 15 is 0 Å². The summed E-state index contributed by atoms with van der Waals surface area (Å²) >= 11 is 0. The topological polar surface area (TPSA) is 126 Å². The summed E-state index contributed by atoms with van der Waals surface area (Å²) in [5, 5.41) is 17.5. The molecule has 0 saturated heterocycles. The number of carbonyl (C=O) groups excluding carboxylic acids is 1. The molecule has 0 aliphatic carbocycles. The van der Waals surface area contributed by atoms with Gasteiger partial charge in [0, 0.05) is 18.5 Å². The monoisotopic (exact) mass is 412 g/mol. The number of aromatic carboxylic acids is 1. The van der Waals surface area contributed by atoms with Crippen LogP contribution in [0, 0.1) is 0 Å². The lowest BCUT2D eigenvalue weighted by atomic mass is 10.0. The quantitative estimate of drug-likeness (QED) is 0.325. The zero-order valence-corrected chi connectivity index (χ0v) is 15.7. The van der Waals surface area contributed by atoms with Crippen molar-refractivity contribution < 1.29 is 28.3 Å². The van der Waals surface area contributed by atoms with Crippen LogP contribution in [0.3, 0.4) is 0 Å². The van der Waals surface area contributed by atoms with Crippen LogP contribution in [0.2, 0.25) is 0 Å². The minimum Gasteiger partial charge on any atom is -0.478 e. The number of carboxylic acid groups (broad SMARTS) is 1. The first-order valence-electron chi connectivity index (χ1n) is 8.31. The number of benzene rings is 2. The van der Waals surface area contributed by atoms with Crippen LogP contribution in [0.25, 0.3) is 17.2 Å². The first-order valence-corrected chi connectivity index (χ1v) is 9.75. The van der Waals surface area contributed by atoms with E-state index in [1.54, 1.807) is 24.3 Å². The summed E-state index contributed by atoms with van der Waals surface area (Å²) in [5.41, 5.74) is 3.34. The summed E-state index contributed by atoms with van der Waals surface area (Å²) in [6.07, 6.45) is 5.11. The van der Waals surface area contributed by atoms with E-state index in [-0.39, 0.29) is 10.5 Å². The van der Waals surface area contributed by atoms with Crippen LogP contribution in [0.1, 0.15) is 15.9 Å². The van der Waals surface area contributed by atoms with Gasteiger partial charge in [0.05, 0.1) is 10.5 Å². The molecule has 0 unspecified atom stereocenters. The lowest BCUT2D eigenvalue weighted by Gasteiger charge is -2.08. The van der Waals surface area contributed by atoms with Gasteiger partial charge in [-0.1, -0.05) is 24.3 Å². The molecule has 2 aromatic carbocycles. The fourth-order valence-electron chi connectivity index (χ4n) is 2.61. The maximum atomic E-state index is 12.9. The highest BCUT2D eigenvalue weighted by Crippen LogP contribution is 2.24. The first kappa shape index (κ1) is 20.1. The lowest BCUT2D eigenvalue weighted by Crippen LogP contribution is -2.14. The van der Waals surface area contributed by atoms with Gasteiger partial charge in [0.2, 0.25) is 0 Å². The number of hydrogen-bond donors (Lipinski definition) is 3. The number of aromatic nitrogens is 1. The minimum absolute atomic E-state index is 0.0524. The number of carboxylic acids is 1. The highest BCUT2D eigenvalue weighted by molar-refractivity contribution is 7.90. The summed E-state index contributed by atoms with van der Waals surface area (Å²) < 4.78 is 26.8. The Kier molecular flexibility index (Phi) is 5.62. The van der Waals surface area contributed by atoms with Crippen molar-refractivity contribution in [1.82, 2.24) is 9.45 Å². The van der Waals surface area contributed by atoms with Crippen molar-refractivity contribution in [2.45, 2.75) is 4.90 Å². The molecular weight excluding hydrogens is 396 g/mol. The Hall–Kier alpha value is -3.69. The Morgan fingerprint density at radius 2 is 1.72 bits per heavy atom. The molecule has 0 aliphatic rings. The Morgan fingerprint density at radius 3 is 2.38 bits per heavy atom. The predicted octanol–water partition coefficient (Wildman–Crippen LogP) is 2.61. The van der Waals surface area contributed by atoms with Crippen molar-refractivity contribution in [3.05, 3.63) is 84.2 Å². The normalized spacial score (nSPS) is 11.5. The molecule has 0 saturated carbocycles. The van der Waals surface area contributed by atoms with Crippen LogP contribution < -0.4 is 5.48 Å². The zero-order valence-electron chi connectivity index (χ0n) is 14.9. The van der Waals surface area contributed by atoms with Gasteiger partial charge < -0.3 is 5.11 Å². The van der Waals surface area contributed by atoms with Crippen molar-refractivity contribution in [3.8, 4) is 11.1 Å². The third kappa shape index (κ3) is 4.42. The molecule has 0 radical (unpaired) electrons. The molecule has 148 valence electrons. The molecule has 0 bridgehead atoms. The van der Waals surface area contributed by atoms with E-state index in [0.29, 0.717) is 16.7 Å². The molecular formula is C20H16N2O6S. The van der Waals surface area contributed by atoms with E-state index in [4.69, 9.17) is 10.3 Å². The van der Waals surface area contributed by atoms with Crippen LogP contribution >= 0.6 is 0 Å². The van der Waals surface area contributed by atoms with Gasteiger partial charge in [-0.2, -0.15) is 0 Å². The fourth-order valence-corrected chi connectivity index (χ4v) is 3.86.